The molecule has 0 spiro atoms. The van der Waals surface area contributed by atoms with Gasteiger partial charge in [0.2, 0.25) is 0 Å². The molecule has 0 radical (unpaired) electrons. The van der Waals surface area contributed by atoms with E-state index in [1.807, 2.05) is 42.2 Å². The van der Waals surface area contributed by atoms with Gasteiger partial charge in [0, 0.05) is 18.3 Å². The molecule has 6 heteroatoms. The second-order valence-corrected chi connectivity index (χ2v) is 5.24. The number of thioether (sulfide) groups is 1. The zero-order chi connectivity index (χ0) is 15.1. The number of carbonyl (C=O) groups is 1. The smallest absolute Gasteiger partial charge is 0.129 e. The SMILES string of the molecule is C=N/N=C(/C)N(CSCC=O)c1cccc2cccnc12. The van der Waals surface area contributed by atoms with Crippen LogP contribution in [0.15, 0.2) is 46.7 Å². The first-order valence-electron chi connectivity index (χ1n) is 6.41. The number of para-hydroxylation sites is 1. The molecule has 1 aromatic heterocycles. The van der Waals surface area contributed by atoms with E-state index >= 15 is 0 Å². The standard InChI is InChI=1S/C15H16N4OS/c1-12(18-16-2)19(11-21-10-9-20)14-7-3-5-13-6-4-8-17-15(13)14/h3-9H,2,10-11H2,1H3/b18-12-. The van der Waals surface area contributed by atoms with Crippen LogP contribution in [0, 0.1) is 0 Å². The minimum Gasteiger partial charge on any atom is -0.317 e. The maximum absolute atomic E-state index is 10.5. The molecule has 0 aliphatic rings. The predicted octanol–water partition coefficient (Wildman–Crippen LogP) is 2.96. The van der Waals surface area contributed by atoms with Gasteiger partial charge in [0.15, 0.2) is 0 Å². The molecule has 0 N–H and O–H groups in total. The molecule has 0 aliphatic carbocycles. The van der Waals surface area contributed by atoms with Crippen LogP contribution in [0.25, 0.3) is 10.9 Å². The van der Waals surface area contributed by atoms with Gasteiger partial charge in [-0.1, -0.05) is 18.2 Å². The molecular weight excluding hydrogens is 284 g/mol. The molecule has 1 aromatic carbocycles. The van der Waals surface area contributed by atoms with Crippen LogP contribution in [0.2, 0.25) is 0 Å². The van der Waals surface area contributed by atoms with Gasteiger partial charge in [-0.25, -0.2) is 0 Å². The number of hydrogen-bond acceptors (Lipinski definition) is 5. The Morgan fingerprint density at radius 1 is 1.43 bits per heavy atom. The molecule has 2 rings (SSSR count). The second kappa shape index (κ2) is 7.54. The number of nitrogens with zero attached hydrogens (tertiary/aromatic N) is 4. The molecule has 2 aromatic rings. The first-order valence-corrected chi connectivity index (χ1v) is 7.56. The number of hydrogen-bond donors (Lipinski definition) is 0. The number of aldehydes is 1. The molecule has 0 atom stereocenters. The van der Waals surface area contributed by atoms with Gasteiger partial charge in [0.1, 0.15) is 12.1 Å². The van der Waals surface area contributed by atoms with Crippen molar-refractivity contribution in [1.82, 2.24) is 4.98 Å². The third-order valence-corrected chi connectivity index (χ3v) is 3.73. The molecule has 0 fully saturated rings. The van der Waals surface area contributed by atoms with Crippen molar-refractivity contribution in [2.24, 2.45) is 10.2 Å². The highest BCUT2D eigenvalue weighted by Crippen LogP contribution is 2.26. The Balaban J connectivity index is 2.44. The lowest BCUT2D eigenvalue weighted by molar-refractivity contribution is -0.105. The van der Waals surface area contributed by atoms with Crippen LogP contribution in [-0.2, 0) is 4.79 Å². The lowest BCUT2D eigenvalue weighted by Gasteiger charge is -2.24. The summed E-state index contributed by atoms with van der Waals surface area (Å²) in [7, 11) is 0. The average Bonchev–Trinajstić information content (AvgIpc) is 2.51. The lowest BCUT2D eigenvalue weighted by Crippen LogP contribution is -2.28. The zero-order valence-corrected chi connectivity index (χ0v) is 12.6. The number of rotatable bonds is 6. The summed E-state index contributed by atoms with van der Waals surface area (Å²) in [5.41, 5.74) is 1.83. The van der Waals surface area contributed by atoms with E-state index in [4.69, 9.17) is 0 Å². The van der Waals surface area contributed by atoms with Crippen LogP contribution < -0.4 is 4.90 Å². The van der Waals surface area contributed by atoms with E-state index < -0.39 is 0 Å². The quantitative estimate of drug-likeness (QED) is 0.205. The monoisotopic (exact) mass is 300 g/mol. The van der Waals surface area contributed by atoms with Crippen molar-refractivity contribution in [3.63, 3.8) is 0 Å². The third kappa shape index (κ3) is 3.66. The van der Waals surface area contributed by atoms with E-state index in [0.29, 0.717) is 17.5 Å². The number of carbonyl (C=O) groups excluding carboxylic acids is 1. The Labute approximate surface area is 127 Å². The molecule has 108 valence electrons. The summed E-state index contributed by atoms with van der Waals surface area (Å²) in [6, 6.07) is 9.90. The summed E-state index contributed by atoms with van der Waals surface area (Å²) >= 11 is 1.51. The summed E-state index contributed by atoms with van der Waals surface area (Å²) in [5.74, 6) is 1.74. The fraction of sp³-hybridized carbons (Fsp3) is 0.200. The molecule has 0 saturated heterocycles. The van der Waals surface area contributed by atoms with E-state index in [-0.39, 0.29) is 0 Å². The maximum atomic E-state index is 10.5. The molecule has 1 heterocycles. The minimum atomic E-state index is 0.434. The van der Waals surface area contributed by atoms with E-state index in [1.54, 1.807) is 6.20 Å². The zero-order valence-electron chi connectivity index (χ0n) is 11.8. The van der Waals surface area contributed by atoms with Gasteiger partial charge in [0.25, 0.3) is 0 Å². The number of fused-ring (bicyclic) bond motifs is 1. The highest BCUT2D eigenvalue weighted by Gasteiger charge is 2.14. The van der Waals surface area contributed by atoms with Gasteiger partial charge in [-0.05, 0) is 19.1 Å². The summed E-state index contributed by atoms with van der Waals surface area (Å²) in [4.78, 5) is 17.0. The van der Waals surface area contributed by atoms with E-state index in [1.165, 1.54) is 11.8 Å². The predicted molar refractivity (Wildman–Crippen MR) is 90.3 cm³/mol. The first-order chi connectivity index (χ1) is 10.3. The van der Waals surface area contributed by atoms with Crippen LogP contribution in [0.4, 0.5) is 5.69 Å². The Morgan fingerprint density at radius 2 is 2.24 bits per heavy atom. The van der Waals surface area contributed by atoms with Crippen molar-refractivity contribution in [1.29, 1.82) is 0 Å². The van der Waals surface area contributed by atoms with Crippen molar-refractivity contribution < 1.29 is 4.79 Å². The molecule has 5 nitrogen and oxygen atoms in total. The Morgan fingerprint density at radius 3 is 3.00 bits per heavy atom. The summed E-state index contributed by atoms with van der Waals surface area (Å²) in [5, 5.41) is 8.66. The van der Waals surface area contributed by atoms with Crippen molar-refractivity contribution in [2.45, 2.75) is 6.92 Å². The normalized spacial score (nSPS) is 11.4. The minimum absolute atomic E-state index is 0.434. The Hall–Kier alpha value is -2.21. The molecule has 21 heavy (non-hydrogen) atoms. The molecule has 0 aliphatic heterocycles. The molecule has 0 amide bonds. The lowest BCUT2D eigenvalue weighted by atomic mass is 10.2. The van der Waals surface area contributed by atoms with Gasteiger partial charge in [-0.2, -0.15) is 5.10 Å². The summed E-state index contributed by atoms with van der Waals surface area (Å²) in [6.45, 7) is 5.25. The molecule has 0 unspecified atom stereocenters. The number of pyridine rings is 1. The van der Waals surface area contributed by atoms with Crippen molar-refractivity contribution in [3.8, 4) is 0 Å². The van der Waals surface area contributed by atoms with Crippen LogP contribution in [0.3, 0.4) is 0 Å². The molecule has 0 saturated carbocycles. The number of aromatic nitrogens is 1. The largest absolute Gasteiger partial charge is 0.317 e. The van der Waals surface area contributed by atoms with E-state index in [9.17, 15) is 4.79 Å². The van der Waals surface area contributed by atoms with Crippen LogP contribution in [0.5, 0.6) is 0 Å². The van der Waals surface area contributed by atoms with Crippen molar-refractivity contribution in [2.75, 3.05) is 16.5 Å². The third-order valence-electron chi connectivity index (χ3n) is 2.91. The van der Waals surface area contributed by atoms with Gasteiger partial charge in [0.05, 0.1) is 22.8 Å². The molecule has 0 bridgehead atoms. The average molecular weight is 300 g/mol. The van der Waals surface area contributed by atoms with Gasteiger partial charge < -0.3 is 9.69 Å². The van der Waals surface area contributed by atoms with Crippen molar-refractivity contribution >= 4 is 47.2 Å². The van der Waals surface area contributed by atoms with Crippen molar-refractivity contribution in [3.05, 3.63) is 36.5 Å². The maximum Gasteiger partial charge on any atom is 0.129 e. The number of anilines is 1. The fourth-order valence-electron chi connectivity index (χ4n) is 1.99. The Bertz CT molecular complexity index is 666. The highest BCUT2D eigenvalue weighted by molar-refractivity contribution is 7.99. The number of amidine groups is 1. The van der Waals surface area contributed by atoms with Crippen LogP contribution in [0.1, 0.15) is 6.92 Å². The summed E-state index contributed by atoms with van der Waals surface area (Å²) in [6.07, 6.45) is 2.66. The topological polar surface area (TPSA) is 57.9 Å². The molecular formula is C15H16N4OS. The highest BCUT2D eigenvalue weighted by atomic mass is 32.2. The van der Waals surface area contributed by atoms with E-state index in [2.05, 4.69) is 21.9 Å². The second-order valence-electron chi connectivity index (χ2n) is 4.24. The van der Waals surface area contributed by atoms with Gasteiger partial charge in [-0.15, -0.1) is 16.9 Å². The van der Waals surface area contributed by atoms with Crippen LogP contribution in [-0.4, -0.2) is 35.5 Å². The summed E-state index contributed by atoms with van der Waals surface area (Å²) < 4.78 is 0. The Kier molecular flexibility index (Phi) is 5.45. The van der Waals surface area contributed by atoms with Gasteiger partial charge in [-0.3, -0.25) is 4.98 Å². The fourth-order valence-corrected chi connectivity index (χ4v) is 2.70. The van der Waals surface area contributed by atoms with Crippen LogP contribution >= 0.6 is 11.8 Å². The first kappa shape index (κ1) is 15.2. The number of benzene rings is 1. The van der Waals surface area contributed by atoms with E-state index in [0.717, 1.165) is 22.9 Å². The van der Waals surface area contributed by atoms with Gasteiger partial charge >= 0.3 is 0 Å².